The Morgan fingerprint density at radius 3 is 2.74 bits per heavy atom. The van der Waals surface area contributed by atoms with Gasteiger partial charge in [-0.05, 0) is 23.1 Å². The van der Waals surface area contributed by atoms with Crippen molar-refractivity contribution >= 4 is 28.2 Å². The Hall–Kier alpha value is -2.93. The third kappa shape index (κ3) is 4.52. The number of rotatable bonds is 5. The van der Waals surface area contributed by atoms with Crippen LogP contribution in [0.4, 0.5) is 15.6 Å². The van der Waals surface area contributed by atoms with Crippen LogP contribution in [0.1, 0.15) is 5.56 Å². The summed E-state index contributed by atoms with van der Waals surface area (Å²) in [6.45, 7) is 0.401. The molecule has 0 unspecified atom stereocenters. The molecule has 6 nitrogen and oxygen atoms in total. The molecule has 1 aromatic carbocycles. The van der Waals surface area contributed by atoms with Crippen molar-refractivity contribution < 1.29 is 9.53 Å². The fourth-order valence-corrected chi connectivity index (χ4v) is 2.44. The Morgan fingerprint density at radius 1 is 1.09 bits per heavy atom. The number of nitrogens with zero attached hydrogens (tertiary/aromatic N) is 2. The number of hydrogen-bond acceptors (Lipinski definition) is 5. The average Bonchev–Trinajstić information content (AvgIpc) is 3.07. The number of ether oxygens (including phenoxy) is 1. The van der Waals surface area contributed by atoms with E-state index in [1.807, 2.05) is 47.8 Å². The van der Waals surface area contributed by atoms with E-state index in [2.05, 4.69) is 20.6 Å². The third-order valence-electron chi connectivity index (χ3n) is 2.87. The van der Waals surface area contributed by atoms with Gasteiger partial charge < -0.3 is 4.74 Å². The quantitative estimate of drug-likeness (QED) is 0.748. The maximum atomic E-state index is 11.9. The van der Waals surface area contributed by atoms with Crippen molar-refractivity contribution in [3.05, 3.63) is 65.8 Å². The van der Waals surface area contributed by atoms with Crippen LogP contribution in [0.3, 0.4) is 0 Å². The van der Waals surface area contributed by atoms with E-state index < -0.39 is 0 Å². The van der Waals surface area contributed by atoms with E-state index in [0.717, 1.165) is 10.6 Å². The summed E-state index contributed by atoms with van der Waals surface area (Å²) in [7, 11) is 0. The first-order valence-corrected chi connectivity index (χ1v) is 7.78. The van der Waals surface area contributed by atoms with Gasteiger partial charge in [0.25, 0.3) is 0 Å². The highest BCUT2D eigenvalue weighted by Gasteiger charge is 2.06. The summed E-state index contributed by atoms with van der Waals surface area (Å²) in [5, 5.41) is 8.01. The van der Waals surface area contributed by atoms with Gasteiger partial charge in [0.2, 0.25) is 5.88 Å². The normalized spacial score (nSPS) is 10.1. The van der Waals surface area contributed by atoms with Gasteiger partial charge in [-0.1, -0.05) is 30.3 Å². The summed E-state index contributed by atoms with van der Waals surface area (Å²) in [5.41, 5.74) is 1.04. The topological polar surface area (TPSA) is 76.1 Å². The van der Waals surface area contributed by atoms with Gasteiger partial charge in [0.05, 0.1) is 5.00 Å². The summed E-state index contributed by atoms with van der Waals surface area (Å²) in [6.07, 6.45) is 1.35. The molecule has 3 rings (SSSR count). The molecule has 0 bridgehead atoms. The number of carbonyl (C=O) groups is 1. The molecule has 0 spiro atoms. The lowest BCUT2D eigenvalue weighted by Gasteiger charge is -2.08. The standard InChI is InChI=1S/C16H14N4O2S/c21-16(20-15-7-4-8-23-15)19-13-9-14(18-11-17-13)22-10-12-5-2-1-3-6-12/h1-9,11H,10H2,(H2,17,18,19,20,21). The molecule has 0 saturated heterocycles. The van der Waals surface area contributed by atoms with Crippen LogP contribution >= 0.6 is 11.3 Å². The zero-order valence-corrected chi connectivity index (χ0v) is 12.9. The van der Waals surface area contributed by atoms with E-state index in [-0.39, 0.29) is 6.03 Å². The highest BCUT2D eigenvalue weighted by Crippen LogP contribution is 2.16. The van der Waals surface area contributed by atoms with Gasteiger partial charge in [-0.3, -0.25) is 10.6 Å². The van der Waals surface area contributed by atoms with Crippen LogP contribution in [-0.2, 0) is 6.61 Å². The zero-order chi connectivity index (χ0) is 15.9. The fraction of sp³-hybridized carbons (Fsp3) is 0.0625. The van der Waals surface area contributed by atoms with Gasteiger partial charge in [-0.2, -0.15) is 0 Å². The fourth-order valence-electron chi connectivity index (χ4n) is 1.83. The smallest absolute Gasteiger partial charge is 0.325 e. The highest BCUT2D eigenvalue weighted by atomic mass is 32.1. The molecule has 23 heavy (non-hydrogen) atoms. The van der Waals surface area contributed by atoms with Crippen molar-refractivity contribution in [3.63, 3.8) is 0 Å². The molecule has 0 saturated carbocycles. The molecular weight excluding hydrogens is 312 g/mol. The number of amides is 2. The summed E-state index contributed by atoms with van der Waals surface area (Å²) >= 11 is 1.44. The number of aromatic nitrogens is 2. The largest absolute Gasteiger partial charge is 0.473 e. The Morgan fingerprint density at radius 2 is 1.96 bits per heavy atom. The van der Waals surface area contributed by atoms with Crippen LogP contribution in [0.25, 0.3) is 0 Å². The van der Waals surface area contributed by atoms with Gasteiger partial charge in [-0.15, -0.1) is 11.3 Å². The van der Waals surface area contributed by atoms with Crippen LogP contribution in [0.5, 0.6) is 5.88 Å². The Balaban J connectivity index is 1.57. The van der Waals surface area contributed by atoms with E-state index in [1.54, 1.807) is 6.07 Å². The molecule has 0 aliphatic heterocycles. The molecule has 2 heterocycles. The lowest BCUT2D eigenvalue weighted by molar-refractivity contribution is 0.262. The van der Waals surface area contributed by atoms with E-state index >= 15 is 0 Å². The monoisotopic (exact) mass is 326 g/mol. The Kier molecular flexibility index (Phi) is 4.80. The molecule has 116 valence electrons. The molecule has 0 radical (unpaired) electrons. The predicted octanol–water partition coefficient (Wildman–Crippen LogP) is 3.76. The highest BCUT2D eigenvalue weighted by molar-refractivity contribution is 7.14. The van der Waals surface area contributed by atoms with Gasteiger partial charge >= 0.3 is 6.03 Å². The molecule has 2 aromatic heterocycles. The van der Waals surface area contributed by atoms with Crippen molar-refractivity contribution in [1.29, 1.82) is 0 Å². The Labute approximate surface area is 137 Å². The second-order valence-corrected chi connectivity index (χ2v) is 5.52. The maximum Gasteiger partial charge on any atom is 0.325 e. The van der Waals surface area contributed by atoms with Crippen molar-refractivity contribution in [2.75, 3.05) is 10.6 Å². The molecule has 2 amide bonds. The summed E-state index contributed by atoms with van der Waals surface area (Å²) in [4.78, 5) is 19.9. The van der Waals surface area contributed by atoms with E-state index in [9.17, 15) is 4.79 Å². The van der Waals surface area contributed by atoms with Gasteiger partial charge in [0.15, 0.2) is 0 Å². The Bertz CT molecular complexity index is 763. The minimum Gasteiger partial charge on any atom is -0.473 e. The first-order chi connectivity index (χ1) is 11.3. The molecule has 2 N–H and O–H groups in total. The van der Waals surface area contributed by atoms with Crippen molar-refractivity contribution in [2.24, 2.45) is 0 Å². The van der Waals surface area contributed by atoms with Gasteiger partial charge in [-0.25, -0.2) is 14.8 Å². The van der Waals surface area contributed by atoms with Crippen LogP contribution < -0.4 is 15.4 Å². The average molecular weight is 326 g/mol. The van der Waals surface area contributed by atoms with Crippen LogP contribution in [0, 0.1) is 0 Å². The number of hydrogen-bond donors (Lipinski definition) is 2. The van der Waals surface area contributed by atoms with E-state index in [4.69, 9.17) is 4.74 Å². The summed E-state index contributed by atoms with van der Waals surface area (Å²) in [5.74, 6) is 0.771. The van der Waals surface area contributed by atoms with Crippen molar-refractivity contribution in [3.8, 4) is 5.88 Å². The van der Waals surface area contributed by atoms with Crippen molar-refractivity contribution in [2.45, 2.75) is 6.61 Å². The minimum atomic E-state index is -0.361. The second-order valence-electron chi connectivity index (χ2n) is 4.57. The SMILES string of the molecule is O=C(Nc1cc(OCc2ccccc2)ncn1)Nc1cccs1. The van der Waals surface area contributed by atoms with E-state index in [0.29, 0.717) is 18.3 Å². The van der Waals surface area contributed by atoms with E-state index in [1.165, 1.54) is 17.7 Å². The molecule has 0 aliphatic rings. The van der Waals surface area contributed by atoms with Crippen molar-refractivity contribution in [1.82, 2.24) is 9.97 Å². The minimum absolute atomic E-state index is 0.361. The maximum absolute atomic E-state index is 11.9. The number of benzene rings is 1. The number of nitrogens with one attached hydrogen (secondary N) is 2. The second kappa shape index (κ2) is 7.37. The lowest BCUT2D eigenvalue weighted by atomic mass is 10.2. The van der Waals surface area contributed by atoms with Gasteiger partial charge in [0, 0.05) is 6.07 Å². The number of thiophene rings is 1. The third-order valence-corrected chi connectivity index (χ3v) is 3.66. The molecule has 0 aliphatic carbocycles. The van der Waals surface area contributed by atoms with Gasteiger partial charge in [0.1, 0.15) is 18.8 Å². The molecule has 0 atom stereocenters. The molecule has 7 heteroatoms. The molecular formula is C16H14N4O2S. The number of carbonyl (C=O) groups excluding carboxylic acids is 1. The number of anilines is 2. The zero-order valence-electron chi connectivity index (χ0n) is 12.1. The summed E-state index contributed by atoms with van der Waals surface area (Å²) < 4.78 is 5.60. The predicted molar refractivity (Wildman–Crippen MR) is 89.8 cm³/mol. The van der Waals surface area contributed by atoms with Crippen LogP contribution in [0.15, 0.2) is 60.2 Å². The summed E-state index contributed by atoms with van der Waals surface area (Å²) in [6, 6.07) is 14.7. The lowest BCUT2D eigenvalue weighted by Crippen LogP contribution is -2.19. The first kappa shape index (κ1) is 15.0. The number of urea groups is 1. The van der Waals surface area contributed by atoms with Crippen LogP contribution in [-0.4, -0.2) is 16.0 Å². The van der Waals surface area contributed by atoms with Crippen LogP contribution in [0.2, 0.25) is 0 Å². The first-order valence-electron chi connectivity index (χ1n) is 6.90. The molecule has 3 aromatic rings. The molecule has 0 fully saturated rings.